The van der Waals surface area contributed by atoms with Gasteiger partial charge in [-0.15, -0.1) is 0 Å². The van der Waals surface area contributed by atoms with Crippen LogP contribution in [0, 0.1) is 0 Å². The molecular weight excluding hydrogens is 352 g/mol. The highest BCUT2D eigenvalue weighted by atomic mass is 16.2. The molecule has 0 spiro atoms. The van der Waals surface area contributed by atoms with Gasteiger partial charge in [-0.2, -0.15) is 0 Å². The number of rotatable bonds is 1. The summed E-state index contributed by atoms with van der Waals surface area (Å²) in [5.74, 6) is 0. The third kappa shape index (κ3) is 2.03. The van der Waals surface area contributed by atoms with Crippen LogP contribution in [0.4, 0.5) is 5.69 Å². The second-order valence-electron chi connectivity index (χ2n) is 7.25. The van der Waals surface area contributed by atoms with E-state index in [4.69, 9.17) is 0 Å². The van der Waals surface area contributed by atoms with Gasteiger partial charge in [0.25, 0.3) is 5.56 Å². The second-order valence-corrected chi connectivity index (χ2v) is 7.25. The van der Waals surface area contributed by atoms with Crippen molar-refractivity contribution in [3.05, 3.63) is 81.1 Å². The summed E-state index contributed by atoms with van der Waals surface area (Å²) in [6, 6.07) is 17.9. The Morgan fingerprint density at radius 2 is 1.57 bits per heavy atom. The lowest BCUT2D eigenvalue weighted by molar-refractivity contribution is 0.705. The minimum Gasteiger partial charge on any atom is -0.375 e. The van der Waals surface area contributed by atoms with Crippen LogP contribution >= 0.6 is 0 Å². The quantitative estimate of drug-likeness (QED) is 0.558. The molecule has 0 saturated heterocycles. The molecule has 1 aliphatic heterocycles. The standard InChI is InChI=1S/C22H20N4O2/c1-13-18-20-17(21(27)25(3)22(28)24(20)2)19(14-9-5-4-6-10-14)26(18)16-12-8-7-11-15(16)23-13/h4-13,23H,1-3H3. The van der Waals surface area contributed by atoms with E-state index in [2.05, 4.69) is 16.8 Å². The number of anilines is 1. The van der Waals surface area contributed by atoms with Crippen molar-refractivity contribution in [2.75, 3.05) is 5.32 Å². The first-order valence-corrected chi connectivity index (χ1v) is 9.26. The maximum atomic E-state index is 13.2. The lowest BCUT2D eigenvalue weighted by atomic mass is 10.1. The molecule has 2 aromatic heterocycles. The van der Waals surface area contributed by atoms with E-state index >= 15 is 0 Å². The van der Waals surface area contributed by atoms with Crippen molar-refractivity contribution in [2.45, 2.75) is 13.0 Å². The van der Waals surface area contributed by atoms with Crippen LogP contribution in [0.25, 0.3) is 27.8 Å². The topological polar surface area (TPSA) is 61.0 Å². The van der Waals surface area contributed by atoms with E-state index in [-0.39, 0.29) is 17.3 Å². The van der Waals surface area contributed by atoms with Gasteiger partial charge in [0, 0.05) is 14.1 Å². The lowest BCUT2D eigenvalue weighted by Gasteiger charge is -2.28. The molecule has 1 atom stereocenters. The molecule has 0 bridgehead atoms. The molecule has 1 N–H and O–H groups in total. The van der Waals surface area contributed by atoms with Crippen LogP contribution < -0.4 is 16.6 Å². The zero-order chi connectivity index (χ0) is 19.6. The van der Waals surface area contributed by atoms with E-state index in [1.165, 1.54) is 11.6 Å². The Balaban J connectivity index is 2.10. The summed E-state index contributed by atoms with van der Waals surface area (Å²) in [6.07, 6.45) is 0. The first-order valence-electron chi connectivity index (χ1n) is 9.26. The molecule has 0 radical (unpaired) electrons. The summed E-state index contributed by atoms with van der Waals surface area (Å²) in [6.45, 7) is 2.05. The fourth-order valence-electron chi connectivity index (χ4n) is 4.31. The van der Waals surface area contributed by atoms with Crippen LogP contribution in [-0.2, 0) is 14.1 Å². The number of para-hydroxylation sites is 2. The number of hydrogen-bond donors (Lipinski definition) is 1. The number of hydrogen-bond acceptors (Lipinski definition) is 3. The molecule has 140 valence electrons. The molecule has 5 rings (SSSR count). The Morgan fingerprint density at radius 1 is 0.893 bits per heavy atom. The van der Waals surface area contributed by atoms with E-state index in [1.54, 1.807) is 11.6 Å². The van der Waals surface area contributed by atoms with E-state index in [9.17, 15) is 9.59 Å². The molecule has 0 amide bonds. The number of nitrogens with one attached hydrogen (secondary N) is 1. The lowest BCUT2D eigenvalue weighted by Crippen LogP contribution is -2.37. The fraction of sp³-hybridized carbons (Fsp3) is 0.182. The highest BCUT2D eigenvalue weighted by Gasteiger charge is 2.31. The number of benzene rings is 2. The van der Waals surface area contributed by atoms with E-state index < -0.39 is 0 Å². The molecule has 2 aromatic carbocycles. The van der Waals surface area contributed by atoms with Crippen molar-refractivity contribution in [1.82, 2.24) is 13.7 Å². The zero-order valence-electron chi connectivity index (χ0n) is 15.9. The highest BCUT2D eigenvalue weighted by molar-refractivity contribution is 5.98. The Hall–Kier alpha value is -3.54. The van der Waals surface area contributed by atoms with Gasteiger partial charge < -0.3 is 9.88 Å². The fourth-order valence-corrected chi connectivity index (χ4v) is 4.31. The summed E-state index contributed by atoms with van der Waals surface area (Å²) in [5, 5.41) is 4.07. The highest BCUT2D eigenvalue weighted by Crippen LogP contribution is 2.42. The minimum absolute atomic E-state index is 0.0624. The summed E-state index contributed by atoms with van der Waals surface area (Å²) < 4.78 is 4.91. The number of nitrogens with zero attached hydrogens (tertiary/aromatic N) is 3. The Bertz CT molecular complexity index is 1360. The predicted molar refractivity (Wildman–Crippen MR) is 111 cm³/mol. The van der Waals surface area contributed by atoms with Crippen molar-refractivity contribution < 1.29 is 0 Å². The van der Waals surface area contributed by atoms with Crippen molar-refractivity contribution in [3.63, 3.8) is 0 Å². The van der Waals surface area contributed by atoms with Crippen LogP contribution in [0.1, 0.15) is 18.7 Å². The van der Waals surface area contributed by atoms with Gasteiger partial charge in [-0.3, -0.25) is 13.9 Å². The van der Waals surface area contributed by atoms with Crippen LogP contribution in [0.15, 0.2) is 64.2 Å². The van der Waals surface area contributed by atoms with E-state index in [1.807, 2.05) is 54.6 Å². The molecule has 0 aliphatic carbocycles. The minimum atomic E-state index is -0.323. The van der Waals surface area contributed by atoms with Crippen molar-refractivity contribution in [2.24, 2.45) is 14.1 Å². The average Bonchev–Trinajstić information content (AvgIpc) is 3.08. The van der Waals surface area contributed by atoms with Crippen molar-refractivity contribution in [3.8, 4) is 16.9 Å². The largest absolute Gasteiger partial charge is 0.375 e. The molecule has 28 heavy (non-hydrogen) atoms. The molecular formula is C22H20N4O2. The summed E-state index contributed by atoms with van der Waals surface area (Å²) in [5.41, 5.74) is 4.74. The maximum absolute atomic E-state index is 13.2. The maximum Gasteiger partial charge on any atom is 0.331 e. The SMILES string of the molecule is CC1Nc2ccccc2-n2c(-c3ccccc3)c3c(=O)n(C)c(=O)n(C)c3c21. The normalized spacial score (nSPS) is 15.2. The first-order chi connectivity index (χ1) is 13.5. The van der Waals surface area contributed by atoms with Crippen LogP contribution in [0.3, 0.4) is 0 Å². The molecule has 1 aliphatic rings. The number of fused-ring (bicyclic) bond motifs is 5. The van der Waals surface area contributed by atoms with Gasteiger partial charge in [-0.1, -0.05) is 42.5 Å². The smallest absolute Gasteiger partial charge is 0.331 e. The molecule has 3 heterocycles. The van der Waals surface area contributed by atoms with Crippen LogP contribution in [0.2, 0.25) is 0 Å². The summed E-state index contributed by atoms with van der Waals surface area (Å²) in [4.78, 5) is 25.9. The van der Waals surface area contributed by atoms with E-state index in [0.717, 1.165) is 28.3 Å². The van der Waals surface area contributed by atoms with Gasteiger partial charge in [-0.25, -0.2) is 4.79 Å². The molecule has 4 aromatic rings. The van der Waals surface area contributed by atoms with Crippen LogP contribution in [-0.4, -0.2) is 13.7 Å². The Morgan fingerprint density at radius 3 is 2.32 bits per heavy atom. The Kier molecular flexibility index (Phi) is 3.40. The van der Waals surface area contributed by atoms with Gasteiger partial charge in [0.1, 0.15) is 0 Å². The van der Waals surface area contributed by atoms with Crippen LogP contribution in [0.5, 0.6) is 0 Å². The second kappa shape index (κ2) is 5.73. The molecule has 0 saturated carbocycles. The van der Waals surface area contributed by atoms with Crippen molar-refractivity contribution >= 4 is 16.6 Å². The number of aryl methyl sites for hydroxylation is 1. The molecule has 0 fully saturated rings. The molecule has 6 nitrogen and oxygen atoms in total. The first kappa shape index (κ1) is 16.6. The number of aromatic nitrogens is 3. The summed E-state index contributed by atoms with van der Waals surface area (Å²) in [7, 11) is 3.26. The average molecular weight is 372 g/mol. The zero-order valence-corrected chi connectivity index (χ0v) is 15.9. The van der Waals surface area contributed by atoms with Gasteiger partial charge in [0.15, 0.2) is 0 Å². The summed E-state index contributed by atoms with van der Waals surface area (Å²) >= 11 is 0. The third-order valence-corrected chi connectivity index (χ3v) is 5.58. The predicted octanol–water partition coefficient (Wildman–Crippen LogP) is 3.18. The Labute approximate surface area is 161 Å². The van der Waals surface area contributed by atoms with Gasteiger partial charge >= 0.3 is 5.69 Å². The molecule has 1 unspecified atom stereocenters. The van der Waals surface area contributed by atoms with Crippen molar-refractivity contribution in [1.29, 1.82) is 0 Å². The van der Waals surface area contributed by atoms with Gasteiger partial charge in [-0.05, 0) is 24.6 Å². The monoisotopic (exact) mass is 372 g/mol. The van der Waals surface area contributed by atoms with Gasteiger partial charge in [0.05, 0.1) is 39.7 Å². The third-order valence-electron chi connectivity index (χ3n) is 5.58. The molecule has 6 heteroatoms. The van der Waals surface area contributed by atoms with Gasteiger partial charge in [0.2, 0.25) is 0 Å². The van der Waals surface area contributed by atoms with E-state index in [0.29, 0.717) is 10.9 Å².